The number of hydrogen-bond acceptors (Lipinski definition) is 2. The Morgan fingerprint density at radius 3 is 2.81 bits per heavy atom. The molecule has 0 aromatic heterocycles. The summed E-state index contributed by atoms with van der Waals surface area (Å²) in [4.78, 5) is 2.26. The van der Waals surface area contributed by atoms with E-state index in [9.17, 15) is 5.11 Å². The number of aliphatic hydroxyl groups excluding tert-OH is 1. The molecule has 1 aliphatic heterocycles. The van der Waals surface area contributed by atoms with Gasteiger partial charge in [-0.1, -0.05) is 18.2 Å². The minimum Gasteiger partial charge on any atom is -0.384 e. The van der Waals surface area contributed by atoms with Crippen molar-refractivity contribution in [3.63, 3.8) is 0 Å². The van der Waals surface area contributed by atoms with Gasteiger partial charge in [-0.05, 0) is 37.3 Å². The summed E-state index contributed by atoms with van der Waals surface area (Å²) in [5.74, 6) is 0. The van der Waals surface area contributed by atoms with Crippen LogP contribution < -0.4 is 4.90 Å². The van der Waals surface area contributed by atoms with Crippen molar-refractivity contribution in [2.45, 2.75) is 31.8 Å². The van der Waals surface area contributed by atoms with Gasteiger partial charge in [-0.25, -0.2) is 0 Å². The molecule has 0 bridgehead atoms. The van der Waals surface area contributed by atoms with E-state index in [2.05, 4.69) is 18.0 Å². The Labute approximate surface area is 96.2 Å². The molecule has 1 heterocycles. The summed E-state index contributed by atoms with van der Waals surface area (Å²) in [7, 11) is 2.12. The Kier molecular flexibility index (Phi) is 2.25. The monoisotopic (exact) mass is 215 g/mol. The standard InChI is InChI=1S/C14H17NO/c1-15-12-8-4-2-6-10(12)14(16)11-7-3-5-9-13(11)15/h2,4,6,8,14,16H,3,5,7,9H2,1H3. The van der Waals surface area contributed by atoms with Gasteiger partial charge in [-0.3, -0.25) is 0 Å². The van der Waals surface area contributed by atoms with Gasteiger partial charge < -0.3 is 10.0 Å². The molecule has 2 heteroatoms. The van der Waals surface area contributed by atoms with E-state index in [0.717, 1.165) is 24.1 Å². The number of allylic oxidation sites excluding steroid dienone is 1. The number of anilines is 1. The number of aliphatic hydroxyl groups is 1. The lowest BCUT2D eigenvalue weighted by molar-refractivity contribution is 0.204. The molecule has 2 aliphatic rings. The summed E-state index contributed by atoms with van der Waals surface area (Å²) in [5, 5.41) is 10.4. The predicted octanol–water partition coefficient (Wildman–Crippen LogP) is 3.00. The maximum absolute atomic E-state index is 10.4. The number of fused-ring (bicyclic) bond motifs is 1. The highest BCUT2D eigenvalue weighted by atomic mass is 16.3. The highest BCUT2D eigenvalue weighted by Gasteiger charge is 2.30. The summed E-state index contributed by atoms with van der Waals surface area (Å²) >= 11 is 0. The Bertz CT molecular complexity index is 409. The number of benzene rings is 1. The van der Waals surface area contributed by atoms with Gasteiger partial charge in [0.15, 0.2) is 0 Å². The number of rotatable bonds is 0. The van der Waals surface area contributed by atoms with Crippen LogP contribution in [-0.4, -0.2) is 12.2 Å². The van der Waals surface area contributed by atoms with Crippen molar-refractivity contribution in [1.82, 2.24) is 0 Å². The lowest BCUT2D eigenvalue weighted by Gasteiger charge is -2.37. The van der Waals surface area contributed by atoms with Gasteiger partial charge in [0.25, 0.3) is 0 Å². The Hall–Kier alpha value is -1.28. The van der Waals surface area contributed by atoms with Crippen molar-refractivity contribution in [2.75, 3.05) is 11.9 Å². The van der Waals surface area contributed by atoms with E-state index in [4.69, 9.17) is 0 Å². The summed E-state index contributed by atoms with van der Waals surface area (Å²) in [6.45, 7) is 0. The minimum absolute atomic E-state index is 0.373. The quantitative estimate of drug-likeness (QED) is 0.719. The highest BCUT2D eigenvalue weighted by Crippen LogP contribution is 2.44. The molecule has 0 saturated heterocycles. The number of nitrogens with zero attached hydrogens (tertiary/aromatic N) is 1. The molecule has 0 saturated carbocycles. The number of hydrogen-bond donors (Lipinski definition) is 1. The zero-order valence-corrected chi connectivity index (χ0v) is 9.61. The first-order valence-corrected chi connectivity index (χ1v) is 6.01. The molecule has 0 radical (unpaired) electrons. The molecule has 84 valence electrons. The van der Waals surface area contributed by atoms with Crippen molar-refractivity contribution < 1.29 is 5.11 Å². The van der Waals surface area contributed by atoms with Crippen molar-refractivity contribution in [1.29, 1.82) is 0 Å². The maximum atomic E-state index is 10.4. The lowest BCUT2D eigenvalue weighted by atomic mass is 9.85. The third-order valence-electron chi connectivity index (χ3n) is 3.81. The fourth-order valence-electron chi connectivity index (χ4n) is 2.95. The van der Waals surface area contributed by atoms with E-state index in [1.807, 2.05) is 18.2 Å². The van der Waals surface area contributed by atoms with Gasteiger partial charge >= 0.3 is 0 Å². The molecule has 16 heavy (non-hydrogen) atoms. The molecule has 1 unspecified atom stereocenters. The van der Waals surface area contributed by atoms with Crippen LogP contribution in [0.1, 0.15) is 37.4 Å². The zero-order chi connectivity index (χ0) is 11.1. The van der Waals surface area contributed by atoms with Gasteiger partial charge in [0, 0.05) is 24.0 Å². The Morgan fingerprint density at radius 1 is 1.19 bits per heavy atom. The van der Waals surface area contributed by atoms with Gasteiger partial charge in [0.2, 0.25) is 0 Å². The lowest BCUT2D eigenvalue weighted by Crippen LogP contribution is -2.28. The van der Waals surface area contributed by atoms with Crippen LogP contribution in [0.5, 0.6) is 0 Å². The van der Waals surface area contributed by atoms with Crippen molar-refractivity contribution in [3.8, 4) is 0 Å². The Balaban J connectivity index is 2.14. The summed E-state index contributed by atoms with van der Waals surface area (Å²) < 4.78 is 0. The van der Waals surface area contributed by atoms with Gasteiger partial charge in [0.1, 0.15) is 6.10 Å². The smallest absolute Gasteiger partial charge is 0.104 e. The first kappa shape index (κ1) is 9.91. The molecule has 1 atom stereocenters. The van der Waals surface area contributed by atoms with Crippen LogP contribution in [0.15, 0.2) is 35.5 Å². The van der Waals surface area contributed by atoms with Crippen LogP contribution >= 0.6 is 0 Å². The zero-order valence-electron chi connectivity index (χ0n) is 9.61. The fourth-order valence-corrected chi connectivity index (χ4v) is 2.95. The first-order valence-electron chi connectivity index (χ1n) is 6.01. The summed E-state index contributed by atoms with van der Waals surface area (Å²) in [5.41, 5.74) is 4.81. The molecular formula is C14H17NO. The maximum Gasteiger partial charge on any atom is 0.104 e. The third kappa shape index (κ3) is 1.30. The van der Waals surface area contributed by atoms with Crippen LogP contribution in [0, 0.1) is 0 Å². The summed E-state index contributed by atoms with van der Waals surface area (Å²) in [6, 6.07) is 8.17. The molecule has 1 aromatic carbocycles. The SMILES string of the molecule is CN1C2=C(CCCC2)C(O)c2ccccc21. The molecule has 2 nitrogen and oxygen atoms in total. The molecule has 0 spiro atoms. The number of para-hydroxylation sites is 1. The molecule has 1 aromatic rings. The molecule has 0 fully saturated rings. The van der Waals surface area contributed by atoms with Gasteiger partial charge in [0.05, 0.1) is 0 Å². The third-order valence-corrected chi connectivity index (χ3v) is 3.81. The molecule has 3 rings (SSSR count). The van der Waals surface area contributed by atoms with Crippen LogP contribution in [-0.2, 0) is 0 Å². The largest absolute Gasteiger partial charge is 0.384 e. The van der Waals surface area contributed by atoms with Crippen LogP contribution in [0.4, 0.5) is 5.69 Å². The van der Waals surface area contributed by atoms with Crippen molar-refractivity contribution >= 4 is 5.69 Å². The van der Waals surface area contributed by atoms with Gasteiger partial charge in [-0.15, -0.1) is 0 Å². The molecule has 0 amide bonds. The van der Waals surface area contributed by atoms with Crippen LogP contribution in [0.3, 0.4) is 0 Å². The van der Waals surface area contributed by atoms with E-state index in [1.54, 1.807) is 0 Å². The van der Waals surface area contributed by atoms with E-state index in [1.165, 1.54) is 24.1 Å². The van der Waals surface area contributed by atoms with E-state index in [-0.39, 0.29) is 6.10 Å². The van der Waals surface area contributed by atoms with Crippen LogP contribution in [0.25, 0.3) is 0 Å². The minimum atomic E-state index is -0.373. The summed E-state index contributed by atoms with van der Waals surface area (Å²) in [6.07, 6.45) is 4.25. The Morgan fingerprint density at radius 2 is 1.94 bits per heavy atom. The highest BCUT2D eigenvalue weighted by molar-refractivity contribution is 5.64. The second kappa shape index (κ2) is 3.63. The van der Waals surface area contributed by atoms with E-state index < -0.39 is 0 Å². The second-order valence-electron chi connectivity index (χ2n) is 4.70. The van der Waals surface area contributed by atoms with Crippen molar-refractivity contribution in [2.24, 2.45) is 0 Å². The van der Waals surface area contributed by atoms with Gasteiger partial charge in [-0.2, -0.15) is 0 Å². The predicted molar refractivity (Wildman–Crippen MR) is 65.3 cm³/mol. The average molecular weight is 215 g/mol. The van der Waals surface area contributed by atoms with E-state index in [0.29, 0.717) is 0 Å². The van der Waals surface area contributed by atoms with Crippen molar-refractivity contribution in [3.05, 3.63) is 41.1 Å². The first-order chi connectivity index (χ1) is 7.79. The topological polar surface area (TPSA) is 23.5 Å². The molecule has 1 N–H and O–H groups in total. The molecular weight excluding hydrogens is 198 g/mol. The second-order valence-corrected chi connectivity index (χ2v) is 4.70. The molecule has 1 aliphatic carbocycles. The average Bonchev–Trinajstić information content (AvgIpc) is 2.36. The normalized spacial score (nSPS) is 24.1. The van der Waals surface area contributed by atoms with E-state index >= 15 is 0 Å². The van der Waals surface area contributed by atoms with Crippen LogP contribution in [0.2, 0.25) is 0 Å². The fraction of sp³-hybridized carbons (Fsp3) is 0.429.